The number of carboxylic acids is 3. The number of rotatable bonds is 49. The lowest BCUT2D eigenvalue weighted by molar-refractivity contribution is -0.143. The number of hydrogen-bond donors (Lipinski definition) is 23. The molecule has 105 heavy (non-hydrogen) atoms. The van der Waals surface area contributed by atoms with Gasteiger partial charge in [-0.05, 0) is 112 Å². The number of imidazole rings is 1. The fourth-order valence-electron chi connectivity index (χ4n) is 10.4. The molecule has 1 heterocycles. The average molecular weight is 1470 g/mol. The number of nitrogens with two attached hydrogens (primary N) is 5. The number of phenols is 2. The molecule has 572 valence electrons. The van der Waals surface area contributed by atoms with Crippen LogP contribution < -0.4 is 87.2 Å². The second-order valence-electron chi connectivity index (χ2n) is 24.6. The summed E-state index contributed by atoms with van der Waals surface area (Å²) in [6.45, 7) is -0.321. The van der Waals surface area contributed by atoms with Crippen LogP contribution in [0.4, 0.5) is 0 Å². The van der Waals surface area contributed by atoms with Gasteiger partial charge in [0.05, 0.1) is 25.3 Å². The van der Waals surface area contributed by atoms with E-state index in [4.69, 9.17) is 34.1 Å². The number of aromatic nitrogens is 2. The van der Waals surface area contributed by atoms with E-state index in [1.165, 1.54) is 61.1 Å². The van der Waals surface area contributed by atoms with Gasteiger partial charge in [-0.3, -0.25) is 67.7 Å². The van der Waals surface area contributed by atoms with Gasteiger partial charge in [-0.1, -0.05) is 61.0 Å². The van der Waals surface area contributed by atoms with Crippen LogP contribution in [0.15, 0.2) is 91.4 Å². The molecule has 1 aromatic heterocycles. The summed E-state index contributed by atoms with van der Waals surface area (Å²) in [6.07, 6.45) is -0.448. The molecular weight excluding hydrogens is 1370 g/mol. The van der Waals surface area contributed by atoms with Gasteiger partial charge in [0.15, 0.2) is 5.96 Å². The number of aromatic amines is 1. The van der Waals surface area contributed by atoms with Crippen LogP contribution in [0.25, 0.3) is 0 Å². The molecular formula is C67H95N19O19. The number of amides is 11. The Hall–Kier alpha value is -11.8. The molecule has 10 atom stereocenters. The van der Waals surface area contributed by atoms with E-state index in [9.17, 15) is 92.7 Å². The van der Waals surface area contributed by atoms with E-state index in [0.717, 1.165) is 0 Å². The lowest BCUT2D eigenvalue weighted by Gasteiger charge is -2.28. The summed E-state index contributed by atoms with van der Waals surface area (Å²) in [5, 5.41) is 83.9. The number of carboxylic acid groups (broad SMARTS) is 3. The molecule has 4 aromatic rings. The highest BCUT2D eigenvalue weighted by atomic mass is 16.4. The molecule has 0 unspecified atom stereocenters. The molecule has 0 saturated heterocycles. The third-order valence-electron chi connectivity index (χ3n) is 16.1. The van der Waals surface area contributed by atoms with Gasteiger partial charge < -0.3 is 118 Å². The zero-order chi connectivity index (χ0) is 77.5. The predicted molar refractivity (Wildman–Crippen MR) is 375 cm³/mol. The molecule has 38 nitrogen and oxygen atoms in total. The van der Waals surface area contributed by atoms with Gasteiger partial charge in [0, 0.05) is 57.0 Å². The largest absolute Gasteiger partial charge is 0.508 e. The maximum Gasteiger partial charge on any atom is 0.326 e. The van der Waals surface area contributed by atoms with Crippen LogP contribution >= 0.6 is 0 Å². The van der Waals surface area contributed by atoms with E-state index in [1.54, 1.807) is 30.3 Å². The molecule has 0 bridgehead atoms. The minimum absolute atomic E-state index is 0.0188. The van der Waals surface area contributed by atoms with Crippen LogP contribution in [0.2, 0.25) is 0 Å². The molecule has 38 heteroatoms. The molecule has 0 spiro atoms. The van der Waals surface area contributed by atoms with Gasteiger partial charge in [-0.2, -0.15) is 0 Å². The number of guanidine groups is 1. The van der Waals surface area contributed by atoms with Crippen molar-refractivity contribution in [1.82, 2.24) is 68.5 Å². The van der Waals surface area contributed by atoms with Crippen molar-refractivity contribution in [1.29, 1.82) is 5.41 Å². The second-order valence-corrected chi connectivity index (χ2v) is 24.6. The van der Waals surface area contributed by atoms with Crippen molar-refractivity contribution in [3.8, 4) is 11.5 Å². The van der Waals surface area contributed by atoms with E-state index < -0.39 is 207 Å². The second kappa shape index (κ2) is 45.2. The Morgan fingerprint density at radius 2 is 0.838 bits per heavy atom. The lowest BCUT2D eigenvalue weighted by atomic mass is 10.00. The van der Waals surface area contributed by atoms with Crippen molar-refractivity contribution in [3.63, 3.8) is 0 Å². The van der Waals surface area contributed by atoms with Gasteiger partial charge >= 0.3 is 17.9 Å². The van der Waals surface area contributed by atoms with Crippen LogP contribution in [0.5, 0.6) is 11.5 Å². The summed E-state index contributed by atoms with van der Waals surface area (Å²) in [5.41, 5.74) is 29.5. The van der Waals surface area contributed by atoms with Crippen molar-refractivity contribution in [2.45, 2.75) is 170 Å². The number of benzene rings is 3. The number of phenolic OH excluding ortho intramolecular Hbond substituents is 2. The minimum Gasteiger partial charge on any atom is -0.508 e. The third-order valence-corrected chi connectivity index (χ3v) is 16.1. The molecule has 3 aromatic carbocycles. The first-order chi connectivity index (χ1) is 49.9. The van der Waals surface area contributed by atoms with Crippen molar-refractivity contribution in [2.24, 2.45) is 28.7 Å². The number of carbonyl (C=O) groups excluding carboxylic acids is 11. The maximum atomic E-state index is 15.0. The van der Waals surface area contributed by atoms with Gasteiger partial charge in [0.2, 0.25) is 65.0 Å². The molecule has 0 aliphatic heterocycles. The van der Waals surface area contributed by atoms with Crippen molar-refractivity contribution >= 4 is 88.8 Å². The fraction of sp³-hybridized carbons (Fsp3) is 0.463. The van der Waals surface area contributed by atoms with E-state index in [0.29, 0.717) is 43.4 Å². The monoisotopic (exact) mass is 1470 g/mol. The summed E-state index contributed by atoms with van der Waals surface area (Å²) in [7, 11) is 0. The SMILES string of the molecule is N=C(N)NCCC[C@H](NC(=O)[C@H](CCC(=O)O)NC(=O)[C@@H](N)CCCCN)C(=O)NCC(=O)N[C@@H](Cc1cnc[nH]1)C(=O)N[C@@H](CC(N)=O)C(=O)N[C@@H](Cc1ccc(O)cc1)C(=O)N[C@@H](Cc1ccc(O)cc1)C(=O)N[C@@H](Cc1ccccc1)C(=O)N[C@@H](CCC(=O)O)C(=O)N[C@@H](CCCCN)C(=O)O. The van der Waals surface area contributed by atoms with Gasteiger partial charge in [-0.25, -0.2) is 9.78 Å². The van der Waals surface area contributed by atoms with E-state index >= 15 is 0 Å². The molecule has 0 fully saturated rings. The third kappa shape index (κ3) is 32.8. The molecule has 0 aliphatic rings. The predicted octanol–water partition coefficient (Wildman–Crippen LogP) is -4.89. The van der Waals surface area contributed by atoms with Crippen LogP contribution in [0, 0.1) is 5.41 Å². The van der Waals surface area contributed by atoms with E-state index in [-0.39, 0.29) is 68.0 Å². The zero-order valence-electron chi connectivity index (χ0n) is 57.6. The van der Waals surface area contributed by atoms with Gasteiger partial charge in [0.25, 0.3) is 0 Å². The van der Waals surface area contributed by atoms with Gasteiger partial charge in [-0.15, -0.1) is 0 Å². The average Bonchev–Trinajstić information content (AvgIpc) is 1.00. The van der Waals surface area contributed by atoms with E-state index in [2.05, 4.69) is 68.5 Å². The van der Waals surface area contributed by atoms with E-state index in [1.807, 2.05) is 0 Å². The highest BCUT2D eigenvalue weighted by Crippen LogP contribution is 2.17. The normalized spacial score (nSPS) is 13.8. The zero-order valence-corrected chi connectivity index (χ0v) is 57.6. The number of nitrogens with zero attached hydrogens (tertiary/aromatic N) is 1. The van der Waals surface area contributed by atoms with Crippen molar-refractivity contribution in [2.75, 3.05) is 26.2 Å². The van der Waals surface area contributed by atoms with Crippen LogP contribution in [0.1, 0.15) is 106 Å². The highest BCUT2D eigenvalue weighted by Gasteiger charge is 2.37. The topological polar surface area (TPSA) is 655 Å². The number of hydrogen-bond acceptors (Lipinski definition) is 21. The molecule has 0 radical (unpaired) electrons. The summed E-state index contributed by atoms with van der Waals surface area (Å²) < 4.78 is 0. The summed E-state index contributed by atoms with van der Waals surface area (Å²) >= 11 is 0. The first-order valence-corrected chi connectivity index (χ1v) is 33.7. The summed E-state index contributed by atoms with van der Waals surface area (Å²) in [5.74, 6) is -16.6. The Balaban J connectivity index is 1.66. The number of H-pyrrole nitrogens is 1. The maximum absolute atomic E-state index is 15.0. The smallest absolute Gasteiger partial charge is 0.326 e. The number of aliphatic carboxylic acids is 3. The highest BCUT2D eigenvalue weighted by molar-refractivity contribution is 6.00. The number of unbranched alkanes of at least 4 members (excludes halogenated alkanes) is 2. The lowest BCUT2D eigenvalue weighted by Crippen LogP contribution is -2.61. The Morgan fingerprint density at radius 1 is 0.438 bits per heavy atom. The Kier molecular flexibility index (Phi) is 36.9. The van der Waals surface area contributed by atoms with Crippen LogP contribution in [0.3, 0.4) is 0 Å². The number of nitrogens with one attached hydrogen (secondary N) is 13. The molecule has 11 amide bonds. The molecule has 0 aliphatic carbocycles. The Bertz CT molecular complexity index is 3570. The van der Waals surface area contributed by atoms with Crippen molar-refractivity contribution < 1.29 is 92.7 Å². The Morgan fingerprint density at radius 3 is 1.28 bits per heavy atom. The number of primary amides is 1. The standard InChI is InChI=1S/C67H95N19O19/c68-26-6-4-11-43(70)57(95)79-45(22-24-55(91)92)59(97)80-44(13-8-28-75-67(72)73)58(96)76-35-54(90)78-51(32-40-34-74-36-77-40)64(102)86-52(33-53(71)89)65(103)85-50(31-39-16-20-42(88)21-17-39)63(101)84-49(30-38-14-18-41(87)19-15-38)62(100)83-48(29-37-9-2-1-3-10-37)61(99)81-46(23-25-56(93)94)60(98)82-47(66(104)105)12-5-7-27-69/h1-3,9-10,14-21,34,36,43-52,87-88H,4-8,11-13,22-33,35,68-70H2,(H2,71,89)(H,74,77)(H,76,96)(H,78,90)(H,79,95)(H,80,97)(H,81,99)(H,82,98)(H,83,100)(H,84,101)(H,85,103)(H,86,102)(H,91,92)(H,93,94)(H,104,105)(H4,72,73,75)/t43-,44-,45-,46-,47-,48-,49-,50-,51-,52-/m0/s1. The number of aromatic hydroxyl groups is 2. The quantitative estimate of drug-likeness (QED) is 0.0112. The molecule has 28 N–H and O–H groups in total. The number of carbonyl (C=O) groups is 14. The molecule has 0 saturated carbocycles. The van der Waals surface area contributed by atoms with Crippen molar-refractivity contribution in [3.05, 3.63) is 114 Å². The minimum atomic E-state index is -1.95. The van der Waals surface area contributed by atoms with Crippen LogP contribution in [-0.2, 0) is 92.8 Å². The molecule has 4 rings (SSSR count). The summed E-state index contributed by atoms with van der Waals surface area (Å²) in [6, 6.07) is 2.80. The first kappa shape index (κ1) is 85.6. The fourth-order valence-corrected chi connectivity index (χ4v) is 10.4. The van der Waals surface area contributed by atoms with Gasteiger partial charge in [0.1, 0.15) is 65.9 Å². The van der Waals surface area contributed by atoms with Crippen LogP contribution in [-0.4, -0.2) is 211 Å². The summed E-state index contributed by atoms with van der Waals surface area (Å²) in [4.78, 5) is 197. The Labute approximate surface area is 602 Å². The first-order valence-electron chi connectivity index (χ1n) is 33.7.